The highest BCUT2D eigenvalue weighted by Crippen LogP contribution is 2.42. The molecule has 1 fully saturated rings. The second-order valence-corrected chi connectivity index (χ2v) is 7.18. The number of nitrogens with zero attached hydrogens (tertiary/aromatic N) is 1. The van der Waals surface area contributed by atoms with Crippen molar-refractivity contribution in [2.24, 2.45) is 5.73 Å². The van der Waals surface area contributed by atoms with Gasteiger partial charge in [-0.3, -0.25) is 9.59 Å². The van der Waals surface area contributed by atoms with Crippen LogP contribution in [0.4, 0.5) is 8.78 Å². The second-order valence-electron chi connectivity index (χ2n) is 7.18. The predicted octanol–water partition coefficient (Wildman–Crippen LogP) is 2.89. The number of primary amides is 1. The van der Waals surface area contributed by atoms with Crippen molar-refractivity contribution in [1.29, 1.82) is 5.26 Å². The number of aromatic amines is 1. The Bertz CT molecular complexity index is 1120. The van der Waals surface area contributed by atoms with Crippen LogP contribution >= 0.6 is 0 Å². The molecule has 0 saturated heterocycles. The van der Waals surface area contributed by atoms with Crippen molar-refractivity contribution in [2.45, 2.75) is 51.5 Å². The summed E-state index contributed by atoms with van der Waals surface area (Å²) < 4.78 is 29.9. The quantitative estimate of drug-likeness (QED) is 0.691. The minimum atomic E-state index is -1.33. The van der Waals surface area contributed by atoms with Gasteiger partial charge in [0, 0.05) is 22.7 Å². The summed E-state index contributed by atoms with van der Waals surface area (Å²) in [4.78, 5) is 26.4. The molecule has 4 N–H and O–H groups in total. The molecule has 0 unspecified atom stereocenters. The zero-order valence-corrected chi connectivity index (χ0v) is 16.1. The molecule has 1 saturated carbocycles. The molecule has 29 heavy (non-hydrogen) atoms. The average molecular weight is 398 g/mol. The van der Waals surface area contributed by atoms with E-state index in [9.17, 15) is 19.2 Å². The van der Waals surface area contributed by atoms with Crippen LogP contribution in [0.5, 0.6) is 0 Å². The Morgan fingerprint density at radius 3 is 2.62 bits per heavy atom. The fraction of sp³-hybridized carbons (Fsp3) is 0.381. The molecule has 1 aromatic carbocycles. The molecule has 2 atom stereocenters. The maximum atomic E-state index is 15.2. The fourth-order valence-corrected chi connectivity index (χ4v) is 4.20. The van der Waals surface area contributed by atoms with Gasteiger partial charge >= 0.3 is 0 Å². The zero-order valence-electron chi connectivity index (χ0n) is 16.1. The Morgan fingerprint density at radius 1 is 1.28 bits per heavy atom. The van der Waals surface area contributed by atoms with Gasteiger partial charge in [-0.2, -0.15) is 5.26 Å². The molecule has 2 amide bonds. The van der Waals surface area contributed by atoms with Crippen LogP contribution < -0.4 is 11.1 Å². The molecule has 150 valence electrons. The lowest BCUT2D eigenvalue weighted by molar-refractivity contribution is -0.116. The molecule has 6 nitrogen and oxygen atoms in total. The number of H-pyrrole nitrogens is 1. The van der Waals surface area contributed by atoms with Gasteiger partial charge in [-0.05, 0) is 44.9 Å². The van der Waals surface area contributed by atoms with Gasteiger partial charge in [-0.1, -0.05) is 12.3 Å². The predicted molar refractivity (Wildman–Crippen MR) is 103 cm³/mol. The average Bonchev–Trinajstić information content (AvgIpc) is 2.97. The third-order valence-electron chi connectivity index (χ3n) is 5.37. The van der Waals surface area contributed by atoms with Gasteiger partial charge < -0.3 is 16.0 Å². The number of carbonyl (C=O) groups is 2. The molecule has 8 heteroatoms. The second kappa shape index (κ2) is 7.92. The molecular formula is C21H20F2N4O2. The van der Waals surface area contributed by atoms with Gasteiger partial charge in [-0.25, -0.2) is 8.78 Å². The Kier molecular flexibility index (Phi) is 5.56. The third-order valence-corrected chi connectivity index (χ3v) is 5.37. The first-order valence-corrected chi connectivity index (χ1v) is 9.26. The number of amides is 2. The molecule has 0 aliphatic heterocycles. The highest BCUT2D eigenvalue weighted by Gasteiger charge is 2.33. The van der Waals surface area contributed by atoms with Crippen molar-refractivity contribution in [3.05, 3.63) is 34.0 Å². The van der Waals surface area contributed by atoms with Crippen LogP contribution in [-0.2, 0) is 4.79 Å². The van der Waals surface area contributed by atoms with Gasteiger partial charge in [0.25, 0.3) is 11.8 Å². The van der Waals surface area contributed by atoms with E-state index in [1.165, 1.54) is 0 Å². The number of benzene rings is 1. The van der Waals surface area contributed by atoms with Gasteiger partial charge in [-0.15, -0.1) is 0 Å². The normalized spacial score (nSPS) is 18.6. The first-order chi connectivity index (χ1) is 13.8. The summed E-state index contributed by atoms with van der Waals surface area (Å²) in [6, 6.07) is 1.76. The summed E-state index contributed by atoms with van der Waals surface area (Å²) in [5, 5.41) is 12.5. The van der Waals surface area contributed by atoms with Crippen LogP contribution in [-0.4, -0.2) is 22.8 Å². The van der Waals surface area contributed by atoms with Crippen molar-refractivity contribution in [1.82, 2.24) is 10.3 Å². The van der Waals surface area contributed by atoms with Gasteiger partial charge in [0.05, 0.1) is 11.1 Å². The molecule has 1 aromatic heterocycles. The number of fused-ring (bicyclic) bond motifs is 1. The van der Waals surface area contributed by atoms with Crippen LogP contribution in [0.2, 0.25) is 0 Å². The van der Waals surface area contributed by atoms with Crippen molar-refractivity contribution in [2.75, 3.05) is 0 Å². The molecule has 1 heterocycles. The number of nitrogens with one attached hydrogen (secondary N) is 2. The monoisotopic (exact) mass is 398 g/mol. The maximum absolute atomic E-state index is 15.2. The summed E-state index contributed by atoms with van der Waals surface area (Å²) in [6.07, 6.45) is 2.30. The van der Waals surface area contributed by atoms with Gasteiger partial charge in [0.2, 0.25) is 0 Å². The summed E-state index contributed by atoms with van der Waals surface area (Å²) in [7, 11) is 0. The number of hydrogen-bond acceptors (Lipinski definition) is 3. The number of aryl methyl sites for hydroxylation is 1. The summed E-state index contributed by atoms with van der Waals surface area (Å²) in [5.74, 6) is 0.449. The minimum absolute atomic E-state index is 0.0310. The fourth-order valence-electron chi connectivity index (χ4n) is 4.20. The molecular weight excluding hydrogens is 378 g/mol. The van der Waals surface area contributed by atoms with E-state index < -0.39 is 34.9 Å². The number of rotatable bonds is 3. The van der Waals surface area contributed by atoms with E-state index in [1.54, 1.807) is 13.8 Å². The molecule has 0 radical (unpaired) electrons. The van der Waals surface area contributed by atoms with Crippen molar-refractivity contribution in [3.63, 3.8) is 0 Å². The number of aromatic nitrogens is 1. The molecule has 1 aliphatic rings. The Hall–Kier alpha value is -3.39. The first-order valence-electron chi connectivity index (χ1n) is 9.26. The van der Waals surface area contributed by atoms with Crippen molar-refractivity contribution >= 4 is 22.7 Å². The zero-order chi connectivity index (χ0) is 21.3. The standard InChI is InChI=1S/C21H20F2N4O2/c1-3-5-14(28)27-12-7-4-6-11(8-12)15-16-13(9-24)10(2)26-20(16)17(21(25)29)19(23)18(15)22/h11-12,26H,4,6-8H2,1-2H3,(H2,25,29)(H,27,28)/t11-,12+/m0/s1. The van der Waals surface area contributed by atoms with E-state index in [4.69, 9.17) is 5.73 Å². The highest BCUT2D eigenvalue weighted by molar-refractivity contribution is 6.08. The van der Waals surface area contributed by atoms with Crippen LogP contribution in [0.15, 0.2) is 0 Å². The van der Waals surface area contributed by atoms with E-state index in [-0.39, 0.29) is 28.1 Å². The lowest BCUT2D eigenvalue weighted by Gasteiger charge is -2.30. The van der Waals surface area contributed by atoms with Crippen LogP contribution in [0.3, 0.4) is 0 Å². The number of halogens is 2. The van der Waals surface area contributed by atoms with Crippen molar-refractivity contribution < 1.29 is 18.4 Å². The van der Waals surface area contributed by atoms with Crippen LogP contribution in [0.25, 0.3) is 10.9 Å². The molecule has 2 aromatic rings. The van der Waals surface area contributed by atoms with E-state index in [1.807, 2.05) is 6.07 Å². The van der Waals surface area contributed by atoms with Gasteiger partial charge in [0.1, 0.15) is 11.6 Å². The maximum Gasteiger partial charge on any atom is 0.296 e. The Morgan fingerprint density at radius 2 is 2.00 bits per heavy atom. The topological polar surface area (TPSA) is 112 Å². The minimum Gasteiger partial charge on any atom is -0.365 e. The number of nitriles is 1. The molecule has 0 spiro atoms. The van der Waals surface area contributed by atoms with E-state index in [2.05, 4.69) is 22.1 Å². The summed E-state index contributed by atoms with van der Waals surface area (Å²) in [5.41, 5.74) is 5.31. The van der Waals surface area contributed by atoms with Crippen LogP contribution in [0, 0.1) is 41.7 Å². The largest absolute Gasteiger partial charge is 0.365 e. The third kappa shape index (κ3) is 3.54. The molecule has 3 rings (SSSR count). The summed E-state index contributed by atoms with van der Waals surface area (Å²) >= 11 is 0. The molecule has 0 bridgehead atoms. The van der Waals surface area contributed by atoms with Gasteiger partial charge in [0.15, 0.2) is 11.6 Å². The SMILES string of the molecule is CC#CC(=O)N[C@@H]1CCC[C@H](c2c(F)c(F)c(C(N)=O)c3[nH]c(C)c(C#N)c23)C1. The Labute approximate surface area is 166 Å². The highest BCUT2D eigenvalue weighted by atomic mass is 19.2. The first kappa shape index (κ1) is 20.3. The summed E-state index contributed by atoms with van der Waals surface area (Å²) in [6.45, 7) is 3.15. The number of carbonyl (C=O) groups excluding carboxylic acids is 2. The van der Waals surface area contributed by atoms with Crippen LogP contribution in [0.1, 0.15) is 65.7 Å². The smallest absolute Gasteiger partial charge is 0.296 e. The van der Waals surface area contributed by atoms with E-state index in [0.717, 1.165) is 0 Å². The lowest BCUT2D eigenvalue weighted by Crippen LogP contribution is -2.37. The van der Waals surface area contributed by atoms with E-state index in [0.29, 0.717) is 31.4 Å². The lowest BCUT2D eigenvalue weighted by atomic mass is 9.79. The van der Waals surface area contributed by atoms with Crippen molar-refractivity contribution in [3.8, 4) is 17.9 Å². The van der Waals surface area contributed by atoms with E-state index >= 15 is 4.39 Å². The Balaban J connectivity index is 2.16. The number of hydrogen-bond donors (Lipinski definition) is 3. The number of nitrogens with two attached hydrogens (primary N) is 1. The molecule has 1 aliphatic carbocycles.